The van der Waals surface area contributed by atoms with E-state index in [-0.39, 0.29) is 42.7 Å². The van der Waals surface area contributed by atoms with Gasteiger partial charge in [-0.1, -0.05) is 23.2 Å². The van der Waals surface area contributed by atoms with E-state index in [9.17, 15) is 0 Å². The van der Waals surface area contributed by atoms with Crippen molar-refractivity contribution in [3.05, 3.63) is 28.2 Å². The Morgan fingerprint density at radius 1 is 0.636 bits per heavy atom. The second-order valence-corrected chi connectivity index (χ2v) is 8.14. The topological polar surface area (TPSA) is 209 Å². The van der Waals surface area contributed by atoms with Gasteiger partial charge >= 0.3 is 0 Å². The van der Waals surface area contributed by atoms with E-state index in [0.29, 0.717) is 16.0 Å². The van der Waals surface area contributed by atoms with Crippen LogP contribution in [0.15, 0.2) is 18.2 Å². The van der Waals surface area contributed by atoms with E-state index < -0.39 is 0 Å². The lowest BCUT2D eigenvalue weighted by atomic mass is 10.1. The number of hydrogen-bond acceptors (Lipinski definition) is 11. The van der Waals surface area contributed by atoms with Crippen LogP contribution in [0.3, 0.4) is 0 Å². The van der Waals surface area contributed by atoms with Crippen molar-refractivity contribution in [3.8, 4) is 0 Å². The molecule has 14 heteroatoms. The average Bonchev–Trinajstić information content (AvgIpc) is 2.73. The Kier molecular flexibility index (Phi) is 16.0. The molecular formula is C19H46Cl3N11. The number of nitrogens with one attached hydrogen (secondary N) is 2. The molecule has 11 nitrogen and oxygen atoms in total. The van der Waals surface area contributed by atoms with Gasteiger partial charge in [0.05, 0.1) is 5.69 Å². The summed E-state index contributed by atoms with van der Waals surface area (Å²) in [6, 6.07) is 5.28. The first-order chi connectivity index (χ1) is 13.7. The van der Waals surface area contributed by atoms with Crippen molar-refractivity contribution < 1.29 is 5.71 Å². The molecule has 2 aliphatic rings. The van der Waals surface area contributed by atoms with Gasteiger partial charge in [-0.05, 0) is 56.7 Å². The van der Waals surface area contributed by atoms with Crippen molar-refractivity contribution >= 4 is 59.1 Å². The van der Waals surface area contributed by atoms with Crippen LogP contribution < -0.4 is 45.3 Å². The van der Waals surface area contributed by atoms with E-state index in [4.69, 9.17) is 28.2 Å². The van der Waals surface area contributed by atoms with Crippen molar-refractivity contribution in [2.75, 3.05) is 46.8 Å². The van der Waals surface area contributed by atoms with E-state index in [0.717, 1.165) is 43.8 Å². The Hall–Kier alpha value is -1.86. The SMILES string of the molecule is Cl.Clc1cc(Cl)cc(NNc2nc(N3CCCCC3)nc(N3CCCCC3)n2)c1.N.N.N.N.[HH].[HH].[HH].[HH]. The predicted molar refractivity (Wildman–Crippen MR) is 151 cm³/mol. The summed E-state index contributed by atoms with van der Waals surface area (Å²) in [6.07, 6.45) is 7.23. The summed E-state index contributed by atoms with van der Waals surface area (Å²) >= 11 is 12.2. The summed E-state index contributed by atoms with van der Waals surface area (Å²) in [5, 5.41) is 1.13. The van der Waals surface area contributed by atoms with Gasteiger partial charge in [-0.2, -0.15) is 15.0 Å². The number of anilines is 4. The average molecular weight is 535 g/mol. The first kappa shape index (κ1) is 33.3. The van der Waals surface area contributed by atoms with Crippen molar-refractivity contribution in [2.45, 2.75) is 38.5 Å². The highest BCUT2D eigenvalue weighted by molar-refractivity contribution is 6.35. The second kappa shape index (κ2) is 15.9. The third-order valence-electron chi connectivity index (χ3n) is 5.07. The molecule has 0 amide bonds. The smallest absolute Gasteiger partial charge is 0.248 e. The minimum Gasteiger partial charge on any atom is -0.344 e. The van der Waals surface area contributed by atoms with Gasteiger partial charge in [-0.25, -0.2) is 0 Å². The molecule has 0 aliphatic carbocycles. The summed E-state index contributed by atoms with van der Waals surface area (Å²) in [7, 11) is 0. The highest BCUT2D eigenvalue weighted by Gasteiger charge is 2.20. The predicted octanol–water partition coefficient (Wildman–Crippen LogP) is 6.65. The molecule has 2 fully saturated rings. The first-order valence-electron chi connectivity index (χ1n) is 9.91. The molecular weight excluding hydrogens is 489 g/mol. The number of rotatable bonds is 5. The number of nitrogens with zero attached hydrogens (tertiary/aromatic N) is 5. The summed E-state index contributed by atoms with van der Waals surface area (Å²) in [5.74, 6) is 1.97. The molecule has 33 heavy (non-hydrogen) atoms. The van der Waals surface area contributed by atoms with E-state index in [2.05, 4.69) is 30.6 Å². The van der Waals surface area contributed by atoms with Gasteiger partial charge in [0.1, 0.15) is 0 Å². The highest BCUT2D eigenvalue weighted by atomic mass is 35.5. The lowest BCUT2D eigenvalue weighted by Crippen LogP contribution is -2.34. The van der Waals surface area contributed by atoms with Crippen molar-refractivity contribution in [3.63, 3.8) is 0 Å². The number of piperidine rings is 2. The molecule has 2 saturated heterocycles. The van der Waals surface area contributed by atoms with E-state index in [1.165, 1.54) is 38.5 Å². The quantitative estimate of drug-likeness (QED) is 0.223. The van der Waals surface area contributed by atoms with Gasteiger partial charge < -0.3 is 34.4 Å². The van der Waals surface area contributed by atoms with Crippen LogP contribution in [0, 0.1) is 0 Å². The molecule has 4 rings (SSSR count). The number of benzene rings is 1. The molecule has 0 bridgehead atoms. The third-order valence-corrected chi connectivity index (χ3v) is 5.51. The zero-order valence-corrected chi connectivity index (χ0v) is 21.4. The van der Waals surface area contributed by atoms with Gasteiger partial charge in [0.25, 0.3) is 0 Å². The zero-order chi connectivity index (χ0) is 19.3. The van der Waals surface area contributed by atoms with Crippen LogP contribution >= 0.6 is 35.6 Å². The molecule has 0 spiro atoms. The Balaban J connectivity index is -0.000000267. The Morgan fingerprint density at radius 3 is 1.48 bits per heavy atom. The van der Waals surface area contributed by atoms with Gasteiger partial charge in [0.2, 0.25) is 17.8 Å². The van der Waals surface area contributed by atoms with Crippen LogP contribution in [0.1, 0.15) is 44.2 Å². The van der Waals surface area contributed by atoms with Crippen LogP contribution in [0.4, 0.5) is 23.5 Å². The molecule has 2 aliphatic heterocycles. The van der Waals surface area contributed by atoms with Gasteiger partial charge in [-0.3, -0.25) is 10.9 Å². The van der Waals surface area contributed by atoms with Gasteiger partial charge in [0, 0.05) is 41.9 Å². The van der Waals surface area contributed by atoms with Crippen molar-refractivity contribution in [2.24, 2.45) is 0 Å². The molecule has 198 valence electrons. The lowest BCUT2D eigenvalue weighted by molar-refractivity contribution is 0.556. The highest BCUT2D eigenvalue weighted by Crippen LogP contribution is 2.24. The lowest BCUT2D eigenvalue weighted by Gasteiger charge is -2.30. The minimum absolute atomic E-state index is 0. The number of hydrazine groups is 1. The molecule has 0 atom stereocenters. The van der Waals surface area contributed by atoms with Crippen LogP contribution in [-0.2, 0) is 0 Å². The number of hydrogen-bond donors (Lipinski definition) is 6. The van der Waals surface area contributed by atoms with Crippen LogP contribution in [0.2, 0.25) is 10.0 Å². The third kappa shape index (κ3) is 9.13. The normalized spacial score (nSPS) is 14.8. The summed E-state index contributed by atoms with van der Waals surface area (Å²) in [5.41, 5.74) is 6.93. The fourth-order valence-electron chi connectivity index (χ4n) is 3.63. The van der Waals surface area contributed by atoms with Crippen molar-refractivity contribution in [1.29, 1.82) is 0 Å². The van der Waals surface area contributed by atoms with Crippen LogP contribution in [0.25, 0.3) is 0 Å². The molecule has 2 aromatic rings. The summed E-state index contributed by atoms with van der Waals surface area (Å²) < 4.78 is 0. The molecule has 0 saturated carbocycles. The molecule has 1 aromatic heterocycles. The Bertz CT molecular complexity index is 777. The van der Waals surface area contributed by atoms with E-state index in [1.54, 1.807) is 18.2 Å². The van der Waals surface area contributed by atoms with Gasteiger partial charge in [0.15, 0.2) is 0 Å². The number of aromatic nitrogens is 3. The largest absolute Gasteiger partial charge is 0.344 e. The second-order valence-electron chi connectivity index (χ2n) is 7.26. The van der Waals surface area contributed by atoms with Crippen molar-refractivity contribution in [1.82, 2.24) is 39.6 Å². The molecule has 3 heterocycles. The standard InChI is InChI=1S/C19H25Cl2N7.ClH.4H3N.4H2/c20-14-11-15(21)13-16(12-14)25-26-17-22-18(27-7-3-1-4-8-27)24-19(23-17)28-9-5-2-6-10-28;;;;;;;;;/h11-13,25H,1-10H2,(H,22,23,24,26);1H;4*1H3;4*1H. The maximum atomic E-state index is 6.08. The molecule has 0 radical (unpaired) electrons. The maximum absolute atomic E-state index is 6.08. The zero-order valence-electron chi connectivity index (χ0n) is 19.0. The molecule has 0 unspecified atom stereocenters. The fraction of sp³-hybridized carbons (Fsp3) is 0.526. The van der Waals surface area contributed by atoms with Crippen LogP contribution in [0.5, 0.6) is 0 Å². The van der Waals surface area contributed by atoms with Crippen LogP contribution in [-0.4, -0.2) is 41.1 Å². The summed E-state index contributed by atoms with van der Waals surface area (Å²) in [6.45, 7) is 3.95. The van der Waals surface area contributed by atoms with E-state index in [1.807, 2.05) is 0 Å². The Labute approximate surface area is 218 Å². The fourth-order valence-corrected chi connectivity index (χ4v) is 4.16. The van der Waals surface area contributed by atoms with E-state index >= 15 is 0 Å². The maximum Gasteiger partial charge on any atom is 0.248 e. The first-order valence-corrected chi connectivity index (χ1v) is 10.7. The van der Waals surface area contributed by atoms with Gasteiger partial charge in [-0.15, -0.1) is 12.4 Å². The Morgan fingerprint density at radius 2 is 1.06 bits per heavy atom. The molecule has 1 aromatic carbocycles. The molecule has 14 N–H and O–H groups in total. The monoisotopic (exact) mass is 533 g/mol. The summed E-state index contributed by atoms with van der Waals surface area (Å²) in [4.78, 5) is 18.6. The minimum atomic E-state index is 0. The number of halogens is 3.